The van der Waals surface area contributed by atoms with Crippen molar-refractivity contribution in [2.45, 2.75) is 18.7 Å². The van der Waals surface area contributed by atoms with Crippen LogP contribution in [0.2, 0.25) is 0 Å². The molecule has 1 N–H and O–H groups in total. The minimum absolute atomic E-state index is 0.212. The third kappa shape index (κ3) is 2.89. The number of H-pyrrole nitrogens is 1. The molecule has 130 valence electrons. The topological polar surface area (TPSA) is 69.3 Å². The summed E-state index contributed by atoms with van der Waals surface area (Å²) in [5.74, 6) is -1.81. The van der Waals surface area contributed by atoms with Gasteiger partial charge in [-0.15, -0.1) is 0 Å². The standard InChI is InChI=1S/C15H18F2N4O2S/c1-10-15(11(2)19-18-10)24(22,23)21-7-5-20(6-8-21)12-3-4-13(16)14(17)9-12/h3-4,9H,5-8H2,1-2H3,(H,18,19). The molecule has 9 heteroatoms. The molecule has 1 aromatic heterocycles. The van der Waals surface area contributed by atoms with E-state index in [0.29, 0.717) is 30.2 Å². The number of nitrogens with one attached hydrogen (secondary N) is 1. The van der Waals surface area contributed by atoms with E-state index in [-0.39, 0.29) is 18.0 Å². The number of piperazine rings is 1. The van der Waals surface area contributed by atoms with Crippen molar-refractivity contribution in [2.75, 3.05) is 31.1 Å². The van der Waals surface area contributed by atoms with E-state index in [2.05, 4.69) is 10.2 Å². The normalized spacial score (nSPS) is 16.6. The molecule has 1 aliphatic heterocycles. The maximum atomic E-state index is 13.4. The molecule has 24 heavy (non-hydrogen) atoms. The molecule has 0 spiro atoms. The zero-order chi connectivity index (χ0) is 17.5. The van der Waals surface area contributed by atoms with Crippen molar-refractivity contribution in [3.8, 4) is 0 Å². The maximum Gasteiger partial charge on any atom is 0.246 e. The first-order valence-corrected chi connectivity index (χ1v) is 8.96. The Labute approximate surface area is 139 Å². The van der Waals surface area contributed by atoms with Crippen LogP contribution in [0.25, 0.3) is 0 Å². The zero-order valence-corrected chi connectivity index (χ0v) is 14.2. The van der Waals surface area contributed by atoms with Crippen LogP contribution >= 0.6 is 0 Å². The van der Waals surface area contributed by atoms with E-state index < -0.39 is 21.7 Å². The van der Waals surface area contributed by atoms with Gasteiger partial charge in [-0.25, -0.2) is 17.2 Å². The Morgan fingerprint density at radius 2 is 1.75 bits per heavy atom. The second-order valence-corrected chi connectivity index (χ2v) is 7.63. The molecular formula is C15H18F2N4O2S. The van der Waals surface area contributed by atoms with Crippen LogP contribution in [0.1, 0.15) is 11.4 Å². The van der Waals surface area contributed by atoms with Crippen LogP contribution in [0.15, 0.2) is 23.1 Å². The van der Waals surface area contributed by atoms with Gasteiger partial charge in [0.2, 0.25) is 10.0 Å². The molecule has 3 rings (SSSR count). The van der Waals surface area contributed by atoms with Crippen molar-refractivity contribution in [3.05, 3.63) is 41.2 Å². The van der Waals surface area contributed by atoms with Gasteiger partial charge in [-0.3, -0.25) is 5.10 Å². The molecule has 0 aliphatic carbocycles. The summed E-state index contributed by atoms with van der Waals surface area (Å²) in [6.45, 7) is 4.66. The number of hydrogen-bond donors (Lipinski definition) is 1. The fourth-order valence-corrected chi connectivity index (χ4v) is 4.67. The monoisotopic (exact) mass is 356 g/mol. The van der Waals surface area contributed by atoms with Crippen LogP contribution in [0.4, 0.5) is 14.5 Å². The van der Waals surface area contributed by atoms with Gasteiger partial charge in [0.1, 0.15) is 4.90 Å². The molecule has 0 radical (unpaired) electrons. The first kappa shape index (κ1) is 16.8. The number of nitrogens with zero attached hydrogens (tertiary/aromatic N) is 3. The Hall–Kier alpha value is -2.00. The lowest BCUT2D eigenvalue weighted by molar-refractivity contribution is 0.384. The largest absolute Gasteiger partial charge is 0.369 e. The smallest absolute Gasteiger partial charge is 0.246 e. The zero-order valence-electron chi connectivity index (χ0n) is 13.4. The molecule has 2 aromatic rings. The fourth-order valence-electron chi connectivity index (χ4n) is 2.92. The molecule has 0 saturated carbocycles. The summed E-state index contributed by atoms with van der Waals surface area (Å²) in [5.41, 5.74) is 1.49. The van der Waals surface area contributed by atoms with Crippen LogP contribution in [-0.2, 0) is 10.0 Å². The number of sulfonamides is 1. The summed E-state index contributed by atoms with van der Waals surface area (Å²) in [4.78, 5) is 2.05. The van der Waals surface area contributed by atoms with Crippen molar-refractivity contribution < 1.29 is 17.2 Å². The summed E-state index contributed by atoms with van der Waals surface area (Å²) in [6.07, 6.45) is 0. The average molecular weight is 356 g/mol. The molecule has 2 heterocycles. The van der Waals surface area contributed by atoms with Crippen molar-refractivity contribution in [1.29, 1.82) is 0 Å². The van der Waals surface area contributed by atoms with E-state index in [1.807, 2.05) is 4.90 Å². The van der Waals surface area contributed by atoms with Gasteiger partial charge in [0.15, 0.2) is 11.6 Å². The Bertz CT molecular complexity index is 839. The Balaban J connectivity index is 1.76. The highest BCUT2D eigenvalue weighted by molar-refractivity contribution is 7.89. The van der Waals surface area contributed by atoms with Crippen molar-refractivity contribution in [1.82, 2.24) is 14.5 Å². The summed E-state index contributed by atoms with van der Waals surface area (Å²) in [5, 5.41) is 6.62. The van der Waals surface area contributed by atoms with Gasteiger partial charge >= 0.3 is 0 Å². The highest BCUT2D eigenvalue weighted by atomic mass is 32.2. The molecule has 0 unspecified atom stereocenters. The second kappa shape index (κ2) is 6.14. The highest BCUT2D eigenvalue weighted by Crippen LogP contribution is 2.25. The molecule has 0 atom stereocenters. The first-order chi connectivity index (χ1) is 11.3. The van der Waals surface area contributed by atoms with Gasteiger partial charge in [-0.1, -0.05) is 0 Å². The van der Waals surface area contributed by atoms with Gasteiger partial charge in [-0.05, 0) is 26.0 Å². The molecule has 1 fully saturated rings. The summed E-state index contributed by atoms with van der Waals surface area (Å²) in [7, 11) is -3.62. The molecule has 6 nitrogen and oxygen atoms in total. The van der Waals surface area contributed by atoms with Crippen LogP contribution in [0, 0.1) is 25.5 Å². The fraction of sp³-hybridized carbons (Fsp3) is 0.400. The maximum absolute atomic E-state index is 13.4. The summed E-state index contributed by atoms with van der Waals surface area (Å²) < 4.78 is 53.3. The third-order valence-corrected chi connectivity index (χ3v) is 6.33. The predicted molar refractivity (Wildman–Crippen MR) is 85.4 cm³/mol. The number of hydrogen-bond acceptors (Lipinski definition) is 4. The number of anilines is 1. The second-order valence-electron chi connectivity index (χ2n) is 5.75. The number of aromatic nitrogens is 2. The number of aromatic amines is 1. The minimum Gasteiger partial charge on any atom is -0.369 e. The van der Waals surface area contributed by atoms with E-state index in [9.17, 15) is 17.2 Å². The van der Waals surface area contributed by atoms with Gasteiger partial charge in [0.25, 0.3) is 0 Å². The van der Waals surface area contributed by atoms with Crippen molar-refractivity contribution >= 4 is 15.7 Å². The highest BCUT2D eigenvalue weighted by Gasteiger charge is 2.32. The molecule has 0 bridgehead atoms. The molecule has 1 saturated heterocycles. The van der Waals surface area contributed by atoms with Crippen LogP contribution in [-0.4, -0.2) is 49.1 Å². The van der Waals surface area contributed by atoms with Gasteiger partial charge < -0.3 is 4.90 Å². The van der Waals surface area contributed by atoms with Gasteiger partial charge in [-0.2, -0.15) is 9.40 Å². The lowest BCUT2D eigenvalue weighted by Gasteiger charge is -2.35. The third-order valence-electron chi connectivity index (χ3n) is 4.17. The Morgan fingerprint density at radius 1 is 1.08 bits per heavy atom. The number of halogens is 2. The quantitative estimate of drug-likeness (QED) is 0.911. The van der Waals surface area contributed by atoms with E-state index in [4.69, 9.17) is 0 Å². The first-order valence-electron chi connectivity index (χ1n) is 7.52. The lowest BCUT2D eigenvalue weighted by atomic mass is 10.2. The van der Waals surface area contributed by atoms with E-state index in [1.165, 1.54) is 10.4 Å². The van der Waals surface area contributed by atoms with Crippen LogP contribution < -0.4 is 4.90 Å². The average Bonchev–Trinajstić information content (AvgIpc) is 2.89. The summed E-state index contributed by atoms with van der Waals surface area (Å²) >= 11 is 0. The number of aryl methyl sites for hydroxylation is 2. The van der Waals surface area contributed by atoms with Crippen LogP contribution in [0.5, 0.6) is 0 Å². The Morgan fingerprint density at radius 3 is 2.29 bits per heavy atom. The molecule has 1 aromatic carbocycles. The molecule has 0 amide bonds. The minimum atomic E-state index is -3.62. The summed E-state index contributed by atoms with van der Waals surface area (Å²) in [6, 6.07) is 3.70. The van der Waals surface area contributed by atoms with E-state index >= 15 is 0 Å². The van der Waals surface area contributed by atoms with E-state index in [0.717, 1.165) is 12.1 Å². The lowest BCUT2D eigenvalue weighted by Crippen LogP contribution is -2.48. The van der Waals surface area contributed by atoms with Gasteiger partial charge in [0, 0.05) is 37.9 Å². The molecule has 1 aliphatic rings. The SMILES string of the molecule is Cc1n[nH]c(C)c1S(=O)(=O)N1CCN(c2ccc(F)c(F)c2)CC1. The Kier molecular flexibility index (Phi) is 4.31. The number of rotatable bonds is 3. The molecular weight excluding hydrogens is 338 g/mol. The number of benzene rings is 1. The predicted octanol–water partition coefficient (Wildman–Crippen LogP) is 1.82. The van der Waals surface area contributed by atoms with Crippen molar-refractivity contribution in [3.63, 3.8) is 0 Å². The van der Waals surface area contributed by atoms with Crippen LogP contribution in [0.3, 0.4) is 0 Å². The van der Waals surface area contributed by atoms with E-state index in [1.54, 1.807) is 13.8 Å². The van der Waals surface area contributed by atoms with Gasteiger partial charge in [0.05, 0.1) is 11.4 Å². The van der Waals surface area contributed by atoms with Crippen molar-refractivity contribution in [2.24, 2.45) is 0 Å².